The van der Waals surface area contributed by atoms with Crippen LogP contribution in [0.4, 0.5) is 0 Å². The lowest BCUT2D eigenvalue weighted by molar-refractivity contribution is 0.178. The molecule has 0 amide bonds. The van der Waals surface area contributed by atoms with Crippen molar-refractivity contribution < 1.29 is 9.47 Å². The Balaban J connectivity index is 2.02. The largest absolute Gasteiger partial charge is 0.480 e. The van der Waals surface area contributed by atoms with Gasteiger partial charge in [0.2, 0.25) is 5.88 Å². The highest BCUT2D eigenvalue weighted by atomic mass is 32.1. The van der Waals surface area contributed by atoms with Crippen molar-refractivity contribution in [1.29, 1.82) is 0 Å². The SMILES string of the molecule is COc1cc(CC2(N)CCOC2)sn1. The van der Waals surface area contributed by atoms with Gasteiger partial charge in [0, 0.05) is 29.5 Å². The highest BCUT2D eigenvalue weighted by molar-refractivity contribution is 7.05. The van der Waals surface area contributed by atoms with Crippen LogP contribution in [0.15, 0.2) is 6.07 Å². The lowest BCUT2D eigenvalue weighted by Gasteiger charge is -2.19. The van der Waals surface area contributed by atoms with Gasteiger partial charge in [-0.2, -0.15) is 4.37 Å². The van der Waals surface area contributed by atoms with E-state index >= 15 is 0 Å². The van der Waals surface area contributed by atoms with Crippen molar-refractivity contribution in [3.63, 3.8) is 0 Å². The molecule has 1 fully saturated rings. The molecule has 0 bridgehead atoms. The van der Waals surface area contributed by atoms with E-state index in [0.717, 1.165) is 24.3 Å². The van der Waals surface area contributed by atoms with Crippen molar-refractivity contribution in [2.45, 2.75) is 18.4 Å². The van der Waals surface area contributed by atoms with Gasteiger partial charge in [0.1, 0.15) is 0 Å². The third-order valence-corrected chi connectivity index (χ3v) is 3.17. The average Bonchev–Trinajstić information content (AvgIpc) is 2.75. The monoisotopic (exact) mass is 214 g/mol. The molecule has 4 nitrogen and oxygen atoms in total. The molecule has 1 aromatic heterocycles. The van der Waals surface area contributed by atoms with E-state index < -0.39 is 0 Å². The Morgan fingerprint density at radius 3 is 3.21 bits per heavy atom. The molecule has 1 aromatic rings. The van der Waals surface area contributed by atoms with Crippen LogP contribution in [0, 0.1) is 0 Å². The lowest BCUT2D eigenvalue weighted by Crippen LogP contribution is -2.42. The molecular weight excluding hydrogens is 200 g/mol. The summed E-state index contributed by atoms with van der Waals surface area (Å²) in [5.74, 6) is 0.674. The van der Waals surface area contributed by atoms with Gasteiger partial charge >= 0.3 is 0 Å². The first-order valence-electron chi connectivity index (χ1n) is 4.58. The number of rotatable bonds is 3. The number of hydrogen-bond acceptors (Lipinski definition) is 5. The molecule has 2 N–H and O–H groups in total. The van der Waals surface area contributed by atoms with E-state index in [9.17, 15) is 0 Å². The summed E-state index contributed by atoms with van der Waals surface area (Å²) in [7, 11) is 1.62. The summed E-state index contributed by atoms with van der Waals surface area (Å²) < 4.78 is 14.4. The summed E-state index contributed by atoms with van der Waals surface area (Å²) in [5, 5.41) is 0. The summed E-state index contributed by atoms with van der Waals surface area (Å²) in [5.41, 5.74) is 5.96. The van der Waals surface area contributed by atoms with E-state index in [1.165, 1.54) is 11.5 Å². The molecule has 2 heterocycles. The first-order valence-corrected chi connectivity index (χ1v) is 5.35. The number of ether oxygens (including phenoxy) is 2. The maximum atomic E-state index is 6.15. The predicted octanol–water partition coefficient (Wildman–Crippen LogP) is 0.812. The van der Waals surface area contributed by atoms with Crippen LogP contribution in [0.2, 0.25) is 0 Å². The number of hydrogen-bond donors (Lipinski definition) is 1. The molecule has 1 atom stereocenters. The lowest BCUT2D eigenvalue weighted by atomic mass is 9.95. The predicted molar refractivity (Wildman–Crippen MR) is 54.7 cm³/mol. The smallest absolute Gasteiger partial charge is 0.225 e. The van der Waals surface area contributed by atoms with Crippen LogP contribution < -0.4 is 10.5 Å². The standard InChI is InChI=1S/C9H14N2O2S/c1-12-8-4-7(14-11-8)5-9(10)2-3-13-6-9/h4H,2-3,5-6,10H2,1H3. The van der Waals surface area contributed by atoms with Crippen molar-refractivity contribution in [2.75, 3.05) is 20.3 Å². The first kappa shape index (κ1) is 9.89. The van der Waals surface area contributed by atoms with Gasteiger partial charge in [0.15, 0.2) is 0 Å². The molecule has 0 spiro atoms. The Hall–Kier alpha value is -0.650. The molecule has 78 valence electrons. The molecule has 1 saturated heterocycles. The number of nitrogens with two attached hydrogens (primary N) is 1. The fraction of sp³-hybridized carbons (Fsp3) is 0.667. The van der Waals surface area contributed by atoms with E-state index in [0.29, 0.717) is 12.5 Å². The van der Waals surface area contributed by atoms with Gasteiger partial charge in [-0.1, -0.05) is 0 Å². The maximum Gasteiger partial charge on any atom is 0.225 e. The quantitative estimate of drug-likeness (QED) is 0.809. The molecular formula is C9H14N2O2S. The number of aromatic nitrogens is 1. The van der Waals surface area contributed by atoms with Gasteiger partial charge in [0.05, 0.1) is 13.7 Å². The van der Waals surface area contributed by atoms with Crippen LogP contribution in [0.25, 0.3) is 0 Å². The summed E-state index contributed by atoms with van der Waals surface area (Å²) in [4.78, 5) is 1.16. The zero-order valence-electron chi connectivity index (χ0n) is 8.16. The minimum absolute atomic E-state index is 0.197. The molecule has 0 radical (unpaired) electrons. The second-order valence-electron chi connectivity index (χ2n) is 3.68. The fourth-order valence-corrected chi connectivity index (χ4v) is 2.42. The zero-order chi connectivity index (χ0) is 10.0. The van der Waals surface area contributed by atoms with Crippen molar-refractivity contribution in [2.24, 2.45) is 5.73 Å². The molecule has 0 aliphatic carbocycles. The summed E-state index contributed by atoms with van der Waals surface area (Å²) in [6.45, 7) is 1.42. The van der Waals surface area contributed by atoms with Gasteiger partial charge < -0.3 is 15.2 Å². The van der Waals surface area contributed by atoms with E-state index in [1.807, 2.05) is 6.07 Å². The number of methoxy groups -OCH3 is 1. The van der Waals surface area contributed by atoms with Gasteiger partial charge in [-0.25, -0.2) is 0 Å². The zero-order valence-corrected chi connectivity index (χ0v) is 8.97. The fourth-order valence-electron chi connectivity index (χ4n) is 1.58. The van der Waals surface area contributed by atoms with E-state index in [1.54, 1.807) is 7.11 Å². The third-order valence-electron chi connectivity index (χ3n) is 2.41. The summed E-state index contributed by atoms with van der Waals surface area (Å²) in [6.07, 6.45) is 1.75. The third kappa shape index (κ3) is 2.05. The Morgan fingerprint density at radius 2 is 2.64 bits per heavy atom. The van der Waals surface area contributed by atoms with Crippen LogP contribution in [0.5, 0.6) is 5.88 Å². The Morgan fingerprint density at radius 1 is 1.79 bits per heavy atom. The van der Waals surface area contributed by atoms with Gasteiger partial charge in [-0.3, -0.25) is 0 Å². The maximum absolute atomic E-state index is 6.15. The van der Waals surface area contributed by atoms with Gasteiger partial charge in [-0.15, -0.1) is 0 Å². The minimum atomic E-state index is -0.197. The van der Waals surface area contributed by atoms with E-state index in [4.69, 9.17) is 15.2 Å². The van der Waals surface area contributed by atoms with Crippen molar-refractivity contribution >= 4 is 11.5 Å². The van der Waals surface area contributed by atoms with Gasteiger partial charge in [0.25, 0.3) is 0 Å². The van der Waals surface area contributed by atoms with Crippen molar-refractivity contribution in [3.8, 4) is 5.88 Å². The van der Waals surface area contributed by atoms with Crippen LogP contribution in [-0.2, 0) is 11.2 Å². The van der Waals surface area contributed by atoms with Crippen molar-refractivity contribution in [3.05, 3.63) is 10.9 Å². The molecule has 14 heavy (non-hydrogen) atoms. The molecule has 1 unspecified atom stereocenters. The van der Waals surface area contributed by atoms with E-state index in [-0.39, 0.29) is 5.54 Å². The topological polar surface area (TPSA) is 57.4 Å². The minimum Gasteiger partial charge on any atom is -0.480 e. The van der Waals surface area contributed by atoms with Crippen LogP contribution >= 0.6 is 11.5 Å². The molecule has 1 aliphatic heterocycles. The Kier molecular flexibility index (Phi) is 2.71. The van der Waals surface area contributed by atoms with Gasteiger partial charge in [-0.05, 0) is 18.0 Å². The Labute approximate surface area is 87.2 Å². The number of nitrogens with zero attached hydrogens (tertiary/aromatic N) is 1. The molecule has 5 heteroatoms. The van der Waals surface area contributed by atoms with Crippen LogP contribution in [-0.4, -0.2) is 30.2 Å². The van der Waals surface area contributed by atoms with Crippen LogP contribution in [0.1, 0.15) is 11.3 Å². The Bertz CT molecular complexity index is 308. The molecule has 0 aromatic carbocycles. The molecule has 0 saturated carbocycles. The van der Waals surface area contributed by atoms with Crippen LogP contribution in [0.3, 0.4) is 0 Å². The first-order chi connectivity index (χ1) is 6.72. The normalized spacial score (nSPS) is 26.7. The summed E-state index contributed by atoms with van der Waals surface area (Å²) in [6, 6.07) is 1.94. The second kappa shape index (κ2) is 3.84. The molecule has 2 rings (SSSR count). The summed E-state index contributed by atoms with van der Waals surface area (Å²) >= 11 is 1.45. The second-order valence-corrected chi connectivity index (χ2v) is 4.57. The highest BCUT2D eigenvalue weighted by Crippen LogP contribution is 2.25. The average molecular weight is 214 g/mol. The van der Waals surface area contributed by atoms with Crippen molar-refractivity contribution in [1.82, 2.24) is 4.37 Å². The van der Waals surface area contributed by atoms with E-state index in [2.05, 4.69) is 4.37 Å². The highest BCUT2D eigenvalue weighted by Gasteiger charge is 2.31. The molecule has 1 aliphatic rings.